The van der Waals surface area contributed by atoms with Crippen LogP contribution in [-0.2, 0) is 14.4 Å². The Morgan fingerprint density at radius 2 is 1.80 bits per heavy atom. The maximum absolute atomic E-state index is 12.9. The number of anilines is 1. The zero-order valence-electron chi connectivity index (χ0n) is 14.8. The number of carbonyl (C=O) groups excluding carboxylic acids is 3. The largest absolute Gasteiger partial charge is 0.327 e. The van der Waals surface area contributed by atoms with Crippen LogP contribution in [0.1, 0.15) is 46.5 Å². The van der Waals surface area contributed by atoms with Gasteiger partial charge in [-0.3, -0.25) is 14.4 Å². The molecule has 2 fully saturated rings. The number of hydrogen-bond acceptors (Lipinski definition) is 3. The average molecular weight is 363 g/mol. The van der Waals surface area contributed by atoms with Crippen molar-refractivity contribution in [1.29, 1.82) is 0 Å². The van der Waals surface area contributed by atoms with Gasteiger partial charge in [0.05, 0.1) is 12.1 Å². The van der Waals surface area contributed by atoms with Gasteiger partial charge in [-0.05, 0) is 42.5 Å². The first-order chi connectivity index (χ1) is 11.7. The quantitative estimate of drug-likeness (QED) is 0.771. The van der Waals surface area contributed by atoms with Crippen molar-refractivity contribution in [3.8, 4) is 0 Å². The Hall–Kier alpha value is -1.88. The number of nitrogens with zero attached hydrogens (tertiary/aromatic N) is 2. The molecule has 1 atom stereocenters. The Morgan fingerprint density at radius 3 is 2.32 bits per heavy atom. The average Bonchev–Trinajstić information content (AvgIpc) is 3.27. The van der Waals surface area contributed by atoms with Crippen molar-refractivity contribution >= 4 is 35.0 Å². The van der Waals surface area contributed by atoms with Crippen LogP contribution in [0.3, 0.4) is 0 Å². The first-order valence-electron chi connectivity index (χ1n) is 8.61. The molecule has 1 aromatic rings. The molecule has 0 bridgehead atoms. The topological polar surface area (TPSA) is 57.7 Å². The summed E-state index contributed by atoms with van der Waals surface area (Å²) in [4.78, 5) is 41.0. The monoisotopic (exact) mass is 362 g/mol. The van der Waals surface area contributed by atoms with Gasteiger partial charge in [0.1, 0.15) is 6.04 Å². The number of benzene rings is 1. The fourth-order valence-corrected chi connectivity index (χ4v) is 3.35. The molecule has 3 rings (SSSR count). The highest BCUT2D eigenvalue weighted by atomic mass is 35.5. The summed E-state index contributed by atoms with van der Waals surface area (Å²) in [5, 5.41) is 0.541. The van der Waals surface area contributed by atoms with Crippen LogP contribution >= 0.6 is 11.6 Å². The molecule has 1 saturated heterocycles. The van der Waals surface area contributed by atoms with Gasteiger partial charge in [-0.1, -0.05) is 32.4 Å². The molecular weight excluding hydrogens is 340 g/mol. The van der Waals surface area contributed by atoms with Gasteiger partial charge < -0.3 is 4.90 Å². The van der Waals surface area contributed by atoms with E-state index in [1.54, 1.807) is 29.2 Å². The SMILES string of the molecule is CC(C)(C)CC(=O)N(C1CC1)C1CC(=O)N(c2ccc(Cl)cc2)C1=O. The number of hydrogen-bond donors (Lipinski definition) is 0. The van der Waals surface area contributed by atoms with Gasteiger partial charge in [-0.25, -0.2) is 4.90 Å². The van der Waals surface area contributed by atoms with Gasteiger partial charge in [-0.2, -0.15) is 0 Å². The van der Waals surface area contributed by atoms with E-state index in [4.69, 9.17) is 11.6 Å². The van der Waals surface area contributed by atoms with Crippen LogP contribution in [0.4, 0.5) is 5.69 Å². The molecular formula is C19H23ClN2O3. The van der Waals surface area contributed by atoms with Gasteiger partial charge in [0, 0.05) is 17.5 Å². The normalized spacial score (nSPS) is 21.0. The summed E-state index contributed by atoms with van der Waals surface area (Å²) in [7, 11) is 0. The Morgan fingerprint density at radius 1 is 1.20 bits per heavy atom. The second-order valence-corrected chi connectivity index (χ2v) is 8.47. The molecule has 1 aliphatic carbocycles. The van der Waals surface area contributed by atoms with Crippen LogP contribution in [0.25, 0.3) is 0 Å². The fraction of sp³-hybridized carbons (Fsp3) is 0.526. The third-order valence-corrected chi connectivity index (χ3v) is 4.71. The lowest BCUT2D eigenvalue weighted by Crippen LogP contribution is -2.47. The van der Waals surface area contributed by atoms with Crippen LogP contribution in [0.5, 0.6) is 0 Å². The standard InChI is InChI=1S/C19H23ClN2O3/c1-19(2,3)11-17(24)21(13-8-9-13)15-10-16(23)22(18(15)25)14-6-4-12(20)5-7-14/h4-7,13,15H,8-11H2,1-3H3. The van der Waals surface area contributed by atoms with E-state index in [2.05, 4.69) is 0 Å². The van der Waals surface area contributed by atoms with Crippen molar-refractivity contribution < 1.29 is 14.4 Å². The predicted molar refractivity (Wildman–Crippen MR) is 96.3 cm³/mol. The van der Waals surface area contributed by atoms with Crippen LogP contribution in [0, 0.1) is 5.41 Å². The molecule has 0 N–H and O–H groups in total. The predicted octanol–water partition coefficient (Wildman–Crippen LogP) is 3.40. The van der Waals surface area contributed by atoms with Crippen LogP contribution in [-0.4, -0.2) is 34.7 Å². The Balaban J connectivity index is 1.84. The van der Waals surface area contributed by atoms with E-state index < -0.39 is 6.04 Å². The zero-order chi connectivity index (χ0) is 18.4. The molecule has 1 aromatic carbocycles. The number of rotatable bonds is 4. The fourth-order valence-electron chi connectivity index (χ4n) is 3.22. The van der Waals surface area contributed by atoms with E-state index in [-0.39, 0.29) is 35.6 Å². The first kappa shape index (κ1) is 17.9. The molecule has 134 valence electrons. The summed E-state index contributed by atoms with van der Waals surface area (Å²) < 4.78 is 0. The molecule has 25 heavy (non-hydrogen) atoms. The van der Waals surface area contributed by atoms with Crippen LogP contribution in [0.2, 0.25) is 5.02 Å². The van der Waals surface area contributed by atoms with Crippen molar-refractivity contribution in [3.63, 3.8) is 0 Å². The summed E-state index contributed by atoms with van der Waals surface area (Å²) in [6, 6.07) is 5.99. The molecule has 0 aromatic heterocycles. The maximum atomic E-state index is 12.9. The van der Waals surface area contributed by atoms with Crippen molar-refractivity contribution in [1.82, 2.24) is 4.90 Å². The first-order valence-corrected chi connectivity index (χ1v) is 8.99. The molecule has 0 radical (unpaired) electrons. The van der Waals surface area contributed by atoms with Gasteiger partial charge in [0.15, 0.2) is 0 Å². The van der Waals surface area contributed by atoms with Crippen molar-refractivity contribution in [3.05, 3.63) is 29.3 Å². The van der Waals surface area contributed by atoms with E-state index in [0.717, 1.165) is 12.8 Å². The lowest BCUT2D eigenvalue weighted by Gasteiger charge is -2.30. The molecule has 1 saturated carbocycles. The highest BCUT2D eigenvalue weighted by molar-refractivity contribution is 6.30. The lowest BCUT2D eigenvalue weighted by atomic mass is 9.91. The van der Waals surface area contributed by atoms with E-state index >= 15 is 0 Å². The second-order valence-electron chi connectivity index (χ2n) is 8.03. The molecule has 1 unspecified atom stereocenters. The summed E-state index contributed by atoms with van der Waals surface area (Å²) >= 11 is 5.88. The zero-order valence-corrected chi connectivity index (χ0v) is 15.5. The number of amides is 3. The Labute approximate surface area is 152 Å². The molecule has 0 spiro atoms. The minimum absolute atomic E-state index is 0.0425. The van der Waals surface area contributed by atoms with Gasteiger partial charge in [0.25, 0.3) is 5.91 Å². The van der Waals surface area contributed by atoms with Gasteiger partial charge in [0.2, 0.25) is 11.8 Å². The second kappa shape index (κ2) is 6.45. The van der Waals surface area contributed by atoms with E-state index in [1.165, 1.54) is 4.90 Å². The van der Waals surface area contributed by atoms with Crippen LogP contribution in [0.15, 0.2) is 24.3 Å². The molecule has 3 amide bonds. The summed E-state index contributed by atoms with van der Waals surface area (Å²) in [5.74, 6) is -0.632. The molecule has 5 nitrogen and oxygen atoms in total. The smallest absolute Gasteiger partial charge is 0.257 e. The highest BCUT2D eigenvalue weighted by Gasteiger charge is 2.48. The van der Waals surface area contributed by atoms with Gasteiger partial charge in [-0.15, -0.1) is 0 Å². The summed E-state index contributed by atoms with van der Waals surface area (Å²) in [6.07, 6.45) is 2.21. The van der Waals surface area contributed by atoms with Gasteiger partial charge >= 0.3 is 0 Å². The highest BCUT2D eigenvalue weighted by Crippen LogP contribution is 2.36. The van der Waals surface area contributed by atoms with E-state index in [0.29, 0.717) is 17.1 Å². The molecule has 1 aliphatic heterocycles. The minimum Gasteiger partial charge on any atom is -0.327 e. The Kier molecular flexibility index (Phi) is 4.62. The Bertz CT molecular complexity index is 704. The lowest BCUT2D eigenvalue weighted by molar-refractivity contribution is -0.140. The van der Waals surface area contributed by atoms with Crippen molar-refractivity contribution in [2.45, 2.75) is 58.5 Å². The van der Waals surface area contributed by atoms with Crippen molar-refractivity contribution in [2.75, 3.05) is 4.90 Å². The van der Waals surface area contributed by atoms with E-state index in [1.807, 2.05) is 20.8 Å². The van der Waals surface area contributed by atoms with Crippen molar-refractivity contribution in [2.24, 2.45) is 5.41 Å². The number of halogens is 1. The van der Waals surface area contributed by atoms with Crippen LogP contribution < -0.4 is 4.90 Å². The molecule has 1 heterocycles. The summed E-state index contributed by atoms with van der Waals surface area (Å²) in [5.41, 5.74) is 0.340. The summed E-state index contributed by atoms with van der Waals surface area (Å²) in [6.45, 7) is 5.99. The third kappa shape index (κ3) is 3.87. The van der Waals surface area contributed by atoms with E-state index in [9.17, 15) is 14.4 Å². The minimum atomic E-state index is -0.689. The number of carbonyl (C=O) groups is 3. The molecule has 2 aliphatic rings. The number of imide groups is 1. The third-order valence-electron chi connectivity index (χ3n) is 4.45. The molecule has 6 heteroatoms. The maximum Gasteiger partial charge on any atom is 0.257 e.